The quantitative estimate of drug-likeness (QED) is 0.323. The molecule has 0 N–H and O–H groups in total. The normalized spacial score (nSPS) is 11.5. The fraction of sp³-hybridized carbons (Fsp3) is 0.333. The lowest BCUT2D eigenvalue weighted by Gasteiger charge is -2.29. The van der Waals surface area contributed by atoms with Gasteiger partial charge in [-0.2, -0.15) is 0 Å². The Morgan fingerprint density at radius 3 is 1.67 bits per heavy atom. The lowest BCUT2D eigenvalue weighted by Crippen LogP contribution is -2.37. The predicted molar refractivity (Wildman–Crippen MR) is 75.4 cm³/mol. The number of hydrogen-bond donors (Lipinski definition) is 0. The first-order chi connectivity index (χ1) is 7.24. The Morgan fingerprint density at radius 1 is 0.867 bits per heavy atom. The molecule has 0 heterocycles. The Labute approximate surface area is 97.3 Å². The van der Waals surface area contributed by atoms with Crippen molar-refractivity contribution in [3.63, 3.8) is 0 Å². The molecule has 0 rings (SSSR count). The molecule has 0 saturated heterocycles. The van der Waals surface area contributed by atoms with Crippen molar-refractivity contribution in [3.8, 4) is 0 Å². The van der Waals surface area contributed by atoms with E-state index in [1.807, 2.05) is 24.3 Å². The Morgan fingerprint density at radius 2 is 1.33 bits per heavy atom. The number of allylic oxidation sites excluding steroid dienone is 4. The van der Waals surface area contributed by atoms with Gasteiger partial charge < -0.3 is 4.12 Å². The van der Waals surface area contributed by atoms with Gasteiger partial charge in [0.25, 0.3) is 0 Å². The highest BCUT2D eigenvalue weighted by atomic mass is 28.4. The first-order valence-electron chi connectivity index (χ1n) is 5.32. The summed E-state index contributed by atoms with van der Waals surface area (Å²) in [5, 5.41) is 0. The van der Waals surface area contributed by atoms with Crippen LogP contribution in [0, 0.1) is 0 Å². The molecule has 0 aromatic heterocycles. The Kier molecular flexibility index (Phi) is 8.27. The van der Waals surface area contributed by atoms with Gasteiger partial charge in [-0.25, -0.2) is 0 Å². The third kappa shape index (κ3) is 5.72. The zero-order chi connectivity index (χ0) is 11.6. The largest absolute Gasteiger partial charge is 0.459 e. The second kappa shape index (κ2) is 8.65. The van der Waals surface area contributed by atoms with Gasteiger partial charge in [-0.1, -0.05) is 24.3 Å². The van der Waals surface area contributed by atoms with E-state index in [0.29, 0.717) is 0 Å². The summed E-state index contributed by atoms with van der Waals surface area (Å²) in [6.07, 6.45) is 7.87. The van der Waals surface area contributed by atoms with Gasteiger partial charge in [0.1, 0.15) is 9.76 Å². The van der Waals surface area contributed by atoms with Gasteiger partial charge in [0.15, 0.2) is 8.32 Å². The summed E-state index contributed by atoms with van der Waals surface area (Å²) < 4.78 is 6.18. The lowest BCUT2D eigenvalue weighted by atomic mass is 10.7. The first kappa shape index (κ1) is 14.4. The van der Waals surface area contributed by atoms with Crippen molar-refractivity contribution in [2.45, 2.75) is 24.2 Å². The van der Waals surface area contributed by atoms with Crippen LogP contribution in [0.3, 0.4) is 0 Å². The molecule has 0 aliphatic rings. The summed E-state index contributed by atoms with van der Waals surface area (Å²) in [6.45, 7) is 15.2. The van der Waals surface area contributed by atoms with E-state index in [-0.39, 0.29) is 0 Å². The average Bonchev–Trinajstić information content (AvgIpc) is 2.19. The number of rotatable bonds is 10. The fourth-order valence-corrected chi connectivity index (χ4v) is 7.44. The summed E-state index contributed by atoms with van der Waals surface area (Å²) in [7, 11) is -2.13. The van der Waals surface area contributed by atoms with E-state index in [1.165, 1.54) is 0 Å². The van der Waals surface area contributed by atoms with E-state index in [4.69, 9.17) is 4.12 Å². The Balaban J connectivity index is 4.43. The van der Waals surface area contributed by atoms with Crippen LogP contribution in [0.15, 0.2) is 50.6 Å². The molecule has 0 spiro atoms. The SMILES string of the molecule is C=CC[SiH2]O[Si](CC=C)(CC=C)CC=C. The van der Waals surface area contributed by atoms with E-state index >= 15 is 0 Å². The minimum atomic E-state index is -1.67. The third-order valence-electron chi connectivity index (χ3n) is 2.28. The van der Waals surface area contributed by atoms with Crippen LogP contribution in [0.25, 0.3) is 0 Å². The van der Waals surface area contributed by atoms with Gasteiger partial charge in [0.05, 0.1) is 0 Å². The molecule has 84 valence electrons. The van der Waals surface area contributed by atoms with Crippen LogP contribution in [-0.4, -0.2) is 18.1 Å². The van der Waals surface area contributed by atoms with Crippen molar-refractivity contribution in [2.75, 3.05) is 0 Å². The van der Waals surface area contributed by atoms with E-state index in [9.17, 15) is 0 Å². The summed E-state index contributed by atoms with van der Waals surface area (Å²) in [6, 6.07) is 4.03. The van der Waals surface area contributed by atoms with Crippen LogP contribution in [0.4, 0.5) is 0 Å². The van der Waals surface area contributed by atoms with Crippen LogP contribution < -0.4 is 0 Å². The molecule has 0 fully saturated rings. The second-order valence-corrected chi connectivity index (χ2v) is 9.32. The van der Waals surface area contributed by atoms with Crippen molar-refractivity contribution in [1.82, 2.24) is 0 Å². The smallest absolute Gasteiger partial charge is 0.190 e. The Hall–Kier alpha value is -0.646. The summed E-state index contributed by atoms with van der Waals surface area (Å²) >= 11 is 0. The predicted octanol–water partition coefficient (Wildman–Crippen LogP) is 3.19. The molecule has 15 heavy (non-hydrogen) atoms. The highest BCUT2D eigenvalue weighted by Crippen LogP contribution is 2.23. The van der Waals surface area contributed by atoms with E-state index < -0.39 is 18.1 Å². The number of hydrogen-bond acceptors (Lipinski definition) is 1. The van der Waals surface area contributed by atoms with Crippen LogP contribution in [0.2, 0.25) is 24.2 Å². The van der Waals surface area contributed by atoms with Crippen LogP contribution in [0.5, 0.6) is 0 Å². The average molecular weight is 238 g/mol. The minimum absolute atomic E-state index is 0.453. The molecule has 0 atom stereocenters. The molecule has 3 heteroatoms. The molecular formula is C12H22OSi2. The molecule has 0 saturated carbocycles. The van der Waals surface area contributed by atoms with Crippen molar-refractivity contribution in [3.05, 3.63) is 50.6 Å². The minimum Gasteiger partial charge on any atom is -0.459 e. The first-order valence-corrected chi connectivity index (χ1v) is 9.43. The zero-order valence-corrected chi connectivity index (χ0v) is 12.0. The second-order valence-electron chi connectivity index (χ2n) is 3.59. The zero-order valence-electron chi connectivity index (χ0n) is 9.58. The van der Waals surface area contributed by atoms with Crippen molar-refractivity contribution >= 4 is 18.1 Å². The molecule has 0 aliphatic heterocycles. The topological polar surface area (TPSA) is 9.23 Å². The molecule has 0 aliphatic carbocycles. The van der Waals surface area contributed by atoms with Gasteiger partial charge in [-0.05, 0) is 24.2 Å². The van der Waals surface area contributed by atoms with Crippen LogP contribution >= 0.6 is 0 Å². The molecule has 1 nitrogen and oxygen atoms in total. The van der Waals surface area contributed by atoms with Gasteiger partial charge in [0.2, 0.25) is 0 Å². The highest BCUT2D eigenvalue weighted by Gasteiger charge is 2.29. The maximum Gasteiger partial charge on any atom is 0.190 e. The third-order valence-corrected chi connectivity index (χ3v) is 9.29. The molecule has 0 unspecified atom stereocenters. The molecular weight excluding hydrogens is 216 g/mol. The van der Waals surface area contributed by atoms with E-state index in [2.05, 4.69) is 26.3 Å². The fourth-order valence-electron chi connectivity index (χ4n) is 1.57. The van der Waals surface area contributed by atoms with E-state index in [0.717, 1.165) is 24.2 Å². The molecule has 0 radical (unpaired) electrons. The van der Waals surface area contributed by atoms with Crippen molar-refractivity contribution < 1.29 is 4.12 Å². The molecule has 0 bridgehead atoms. The van der Waals surface area contributed by atoms with Gasteiger partial charge in [-0.3, -0.25) is 0 Å². The maximum atomic E-state index is 6.18. The molecule has 0 aromatic rings. The summed E-state index contributed by atoms with van der Waals surface area (Å²) in [4.78, 5) is 0. The lowest BCUT2D eigenvalue weighted by molar-refractivity contribution is 0.580. The Bertz CT molecular complexity index is 197. The molecule has 0 amide bonds. The van der Waals surface area contributed by atoms with Crippen molar-refractivity contribution in [1.29, 1.82) is 0 Å². The van der Waals surface area contributed by atoms with Gasteiger partial charge in [0, 0.05) is 0 Å². The highest BCUT2D eigenvalue weighted by molar-refractivity contribution is 6.78. The van der Waals surface area contributed by atoms with Gasteiger partial charge >= 0.3 is 0 Å². The van der Waals surface area contributed by atoms with Crippen LogP contribution in [0.1, 0.15) is 0 Å². The van der Waals surface area contributed by atoms with E-state index in [1.54, 1.807) is 0 Å². The summed E-state index contributed by atoms with van der Waals surface area (Å²) in [5.74, 6) is 0. The van der Waals surface area contributed by atoms with Gasteiger partial charge in [-0.15, -0.1) is 26.3 Å². The molecule has 0 aromatic carbocycles. The summed E-state index contributed by atoms with van der Waals surface area (Å²) in [5.41, 5.74) is 0. The van der Waals surface area contributed by atoms with Crippen molar-refractivity contribution in [2.24, 2.45) is 0 Å². The maximum absolute atomic E-state index is 6.18. The monoisotopic (exact) mass is 238 g/mol. The van der Waals surface area contributed by atoms with Crippen LogP contribution in [-0.2, 0) is 4.12 Å². The standard InChI is InChI=1S/C12H22OSi2/c1-5-9-14-13-15(10-6-2,11-7-3)12-8-4/h5-8H,1-4,9-12,14H2.